The fourth-order valence-corrected chi connectivity index (χ4v) is 8.23. The van der Waals surface area contributed by atoms with Crippen molar-refractivity contribution in [3.8, 4) is 11.3 Å². The highest BCUT2D eigenvalue weighted by Crippen LogP contribution is 2.53. The van der Waals surface area contributed by atoms with E-state index in [9.17, 15) is 4.79 Å². The van der Waals surface area contributed by atoms with Crippen molar-refractivity contribution < 1.29 is 4.79 Å². The molecule has 1 saturated carbocycles. The number of fused-ring (bicyclic) bond motifs is 4. The number of nitrogens with zero attached hydrogens (tertiary/aromatic N) is 4. The Morgan fingerprint density at radius 3 is 2.69 bits per heavy atom. The zero-order chi connectivity index (χ0) is 24.8. The van der Waals surface area contributed by atoms with Crippen LogP contribution in [0.4, 0.5) is 0 Å². The molecule has 35 heavy (non-hydrogen) atoms. The van der Waals surface area contributed by atoms with E-state index >= 15 is 0 Å². The number of hydrogen-bond acceptors (Lipinski definition) is 5. The van der Waals surface area contributed by atoms with Gasteiger partial charge in [-0.1, -0.05) is 13.8 Å². The molecule has 1 saturated heterocycles. The lowest BCUT2D eigenvalue weighted by Gasteiger charge is -2.30. The van der Waals surface area contributed by atoms with E-state index in [2.05, 4.69) is 60.8 Å². The molecule has 2 fully saturated rings. The lowest BCUT2D eigenvalue weighted by atomic mass is 9.88. The second-order valence-corrected chi connectivity index (χ2v) is 12.1. The number of aromatic amines is 1. The first-order valence-electron chi connectivity index (χ1n) is 12.3. The van der Waals surface area contributed by atoms with Crippen LogP contribution in [0.5, 0.6) is 0 Å². The number of piperidine rings is 1. The highest BCUT2D eigenvalue weighted by Gasteiger charge is 2.46. The van der Waals surface area contributed by atoms with Crippen molar-refractivity contribution >= 4 is 44.7 Å². The van der Waals surface area contributed by atoms with Crippen molar-refractivity contribution in [2.24, 2.45) is 11.7 Å². The topological polar surface area (TPSA) is 92.3 Å². The number of halogens is 1. The number of likely N-dealkylation sites (tertiary alicyclic amines) is 1. The summed E-state index contributed by atoms with van der Waals surface area (Å²) in [4.78, 5) is 24.7. The minimum absolute atomic E-state index is 0.222. The van der Waals surface area contributed by atoms with Crippen molar-refractivity contribution in [2.45, 2.75) is 65.3 Å². The number of aromatic nitrogens is 4. The summed E-state index contributed by atoms with van der Waals surface area (Å²) in [7, 11) is 0. The van der Waals surface area contributed by atoms with Crippen LogP contribution in [0.2, 0.25) is 5.28 Å². The number of carbonyl (C=O) groups is 1. The van der Waals surface area contributed by atoms with Gasteiger partial charge in [-0.2, -0.15) is 4.98 Å². The van der Waals surface area contributed by atoms with E-state index in [1.807, 2.05) is 11.3 Å². The fraction of sp³-hybridized carbons (Fsp3) is 0.500. The van der Waals surface area contributed by atoms with E-state index in [1.54, 1.807) is 4.52 Å². The zero-order valence-corrected chi connectivity index (χ0v) is 22.3. The Morgan fingerprint density at radius 2 is 2.03 bits per heavy atom. The summed E-state index contributed by atoms with van der Waals surface area (Å²) in [5.74, 6) is 1.31. The summed E-state index contributed by atoms with van der Waals surface area (Å²) < 4.78 is 1.80. The van der Waals surface area contributed by atoms with Gasteiger partial charge in [0.2, 0.25) is 11.2 Å². The number of rotatable bonds is 5. The number of carbonyl (C=O) groups excluding carboxylic acids is 1. The van der Waals surface area contributed by atoms with Crippen molar-refractivity contribution in [2.75, 3.05) is 13.1 Å². The lowest BCUT2D eigenvalue weighted by molar-refractivity contribution is -0.119. The van der Waals surface area contributed by atoms with E-state index < -0.39 is 0 Å². The number of aryl methyl sites for hydroxylation is 2. The number of hydrogen-bond donors (Lipinski definition) is 2. The van der Waals surface area contributed by atoms with E-state index in [0.717, 1.165) is 29.7 Å². The molecule has 4 aromatic rings. The molecule has 5 heterocycles. The summed E-state index contributed by atoms with van der Waals surface area (Å²) in [6.07, 6.45) is 4.34. The Kier molecular flexibility index (Phi) is 5.29. The third-order valence-electron chi connectivity index (χ3n) is 8.32. The van der Waals surface area contributed by atoms with Gasteiger partial charge in [0.05, 0.1) is 12.2 Å². The molecule has 1 aliphatic heterocycles. The van der Waals surface area contributed by atoms with Gasteiger partial charge in [-0.05, 0) is 85.2 Å². The molecule has 3 N–H and O–H groups in total. The lowest BCUT2D eigenvalue weighted by Crippen LogP contribution is -2.40. The Morgan fingerprint density at radius 1 is 1.26 bits per heavy atom. The first-order chi connectivity index (χ1) is 16.6. The van der Waals surface area contributed by atoms with Gasteiger partial charge < -0.3 is 10.7 Å². The van der Waals surface area contributed by atoms with Crippen molar-refractivity contribution in [1.82, 2.24) is 24.5 Å². The van der Waals surface area contributed by atoms with Crippen LogP contribution in [0, 0.1) is 26.7 Å². The standard InChI is InChI=1S/C26H31ClN6OS/c1-11(2)20-21-14(5)23(17-7-16-6-15(17)8-32(16)10-19(28)34)35-25(21)29-22(20)18-9-33-24(13(4)12(18)3)30-26(27)31-33/h9,11,15-17,29H,6-8,10H2,1-5H3,(H2,28,34)/t15?,16?,17-/m1/s1. The van der Waals surface area contributed by atoms with Crippen molar-refractivity contribution in [3.05, 3.63) is 38.6 Å². The number of nitrogens with two attached hydrogens (primary N) is 1. The molecule has 4 aromatic heterocycles. The van der Waals surface area contributed by atoms with E-state index in [0.29, 0.717) is 30.3 Å². The summed E-state index contributed by atoms with van der Waals surface area (Å²) in [6, 6.07) is 0.476. The molecule has 0 radical (unpaired) electrons. The first-order valence-corrected chi connectivity index (χ1v) is 13.5. The summed E-state index contributed by atoms with van der Waals surface area (Å²) in [5, 5.41) is 6.02. The van der Waals surface area contributed by atoms with Gasteiger partial charge in [0.25, 0.3) is 0 Å². The van der Waals surface area contributed by atoms with E-state index in [4.69, 9.17) is 17.3 Å². The Hall–Kier alpha value is -2.42. The maximum absolute atomic E-state index is 11.5. The molecular formula is C26H31ClN6OS. The van der Waals surface area contributed by atoms with Gasteiger partial charge >= 0.3 is 0 Å². The Balaban J connectivity index is 1.44. The molecule has 3 atom stereocenters. The quantitative estimate of drug-likeness (QED) is 0.381. The summed E-state index contributed by atoms with van der Waals surface area (Å²) in [6.45, 7) is 12.4. The van der Waals surface area contributed by atoms with E-state index in [-0.39, 0.29) is 11.2 Å². The van der Waals surface area contributed by atoms with Gasteiger partial charge in [0.1, 0.15) is 4.83 Å². The monoisotopic (exact) mass is 510 g/mol. The number of thiophene rings is 1. The highest BCUT2D eigenvalue weighted by molar-refractivity contribution is 7.19. The molecular weight excluding hydrogens is 480 g/mol. The van der Waals surface area contributed by atoms with Gasteiger partial charge in [0, 0.05) is 34.6 Å². The minimum atomic E-state index is -0.222. The predicted octanol–water partition coefficient (Wildman–Crippen LogP) is 5.30. The van der Waals surface area contributed by atoms with Gasteiger partial charge in [0.15, 0.2) is 5.65 Å². The Bertz CT molecular complexity index is 1500. The van der Waals surface area contributed by atoms with Crippen LogP contribution in [0.15, 0.2) is 6.20 Å². The summed E-state index contributed by atoms with van der Waals surface area (Å²) >= 11 is 8.04. The van der Waals surface area contributed by atoms with Gasteiger partial charge in [-0.15, -0.1) is 16.4 Å². The average molecular weight is 511 g/mol. The number of primary amides is 1. The second kappa shape index (κ2) is 8.05. The molecule has 2 unspecified atom stereocenters. The number of H-pyrrole nitrogens is 1. The third-order valence-corrected chi connectivity index (χ3v) is 9.82. The normalized spacial score (nSPS) is 22.4. The summed E-state index contributed by atoms with van der Waals surface area (Å²) in [5.41, 5.74) is 13.7. The largest absolute Gasteiger partial charge is 0.369 e. The molecule has 9 heteroatoms. The maximum Gasteiger partial charge on any atom is 0.243 e. The van der Waals surface area contributed by atoms with Crippen molar-refractivity contribution in [3.63, 3.8) is 0 Å². The predicted molar refractivity (Wildman–Crippen MR) is 141 cm³/mol. The number of nitrogens with one attached hydrogen (secondary N) is 1. The van der Waals surface area contributed by atoms with Crippen LogP contribution < -0.4 is 5.73 Å². The van der Waals surface area contributed by atoms with Crippen LogP contribution in [0.3, 0.4) is 0 Å². The minimum Gasteiger partial charge on any atom is -0.369 e. The maximum atomic E-state index is 11.5. The molecule has 0 aromatic carbocycles. The SMILES string of the molecule is Cc1c(-c2[nH]c3sc([C@@H]4CC5CC4CN5CC(N)=O)c(C)c3c2C(C)C)cn2nc(Cl)nc2c1C. The molecule has 184 valence electrons. The highest BCUT2D eigenvalue weighted by atomic mass is 35.5. The molecule has 7 nitrogen and oxygen atoms in total. The zero-order valence-electron chi connectivity index (χ0n) is 20.8. The molecule has 2 bridgehead atoms. The molecule has 2 aliphatic rings. The number of amides is 1. The Labute approximate surface area is 213 Å². The van der Waals surface area contributed by atoms with Crippen LogP contribution in [0.1, 0.15) is 65.7 Å². The van der Waals surface area contributed by atoms with Crippen LogP contribution in [0.25, 0.3) is 27.1 Å². The third kappa shape index (κ3) is 3.44. The fourth-order valence-electron chi connectivity index (χ4n) is 6.64. The van der Waals surface area contributed by atoms with Crippen LogP contribution in [-0.4, -0.2) is 49.5 Å². The van der Waals surface area contributed by atoms with Crippen molar-refractivity contribution in [1.29, 1.82) is 0 Å². The first kappa shape index (κ1) is 23.0. The van der Waals surface area contributed by atoms with Gasteiger partial charge in [-0.3, -0.25) is 9.69 Å². The molecule has 6 rings (SSSR count). The molecule has 0 spiro atoms. The second-order valence-electron chi connectivity index (χ2n) is 10.7. The van der Waals surface area contributed by atoms with E-state index in [1.165, 1.54) is 43.9 Å². The average Bonchev–Trinajstić information content (AvgIpc) is 3.57. The molecule has 1 amide bonds. The smallest absolute Gasteiger partial charge is 0.243 e. The number of pyridine rings is 1. The van der Waals surface area contributed by atoms with Crippen LogP contribution >= 0.6 is 22.9 Å². The van der Waals surface area contributed by atoms with Crippen LogP contribution in [-0.2, 0) is 4.79 Å². The van der Waals surface area contributed by atoms with Gasteiger partial charge in [-0.25, -0.2) is 4.52 Å². The molecule has 1 aliphatic carbocycles.